The molecule has 8 aromatic heterocycles. The summed E-state index contributed by atoms with van der Waals surface area (Å²) in [6.45, 7) is 5.20. The molecule has 0 N–H and O–H groups in total. The van der Waals surface area contributed by atoms with Crippen LogP contribution in [0, 0.1) is 0 Å². The van der Waals surface area contributed by atoms with Crippen molar-refractivity contribution in [1.82, 2.24) is 39.0 Å². The quantitative estimate of drug-likeness (QED) is 0.157. The highest BCUT2D eigenvalue weighted by Crippen LogP contribution is 2.52. The van der Waals surface area contributed by atoms with Crippen molar-refractivity contribution in [1.29, 1.82) is 0 Å². The van der Waals surface area contributed by atoms with Gasteiger partial charge in [0.15, 0.2) is 11.6 Å². The molecular weight excluding hydrogens is 1080 g/mol. The fourth-order valence-electron chi connectivity index (χ4n) is 13.9. The number of rotatable bonds is 7. The first-order valence-corrected chi connectivity index (χ1v) is 30.4. The molecule has 10 nitrogen and oxygen atoms in total. The molecule has 0 saturated heterocycles. The lowest BCUT2D eigenvalue weighted by Crippen LogP contribution is -2.39. The summed E-state index contributed by atoms with van der Waals surface area (Å²) >= 11 is 3.65. The molecule has 2 aliphatic heterocycles. The molecule has 0 radical (unpaired) electrons. The summed E-state index contributed by atoms with van der Waals surface area (Å²) in [5.74, 6) is 1.88. The van der Waals surface area contributed by atoms with Gasteiger partial charge in [-0.25, -0.2) is 4.98 Å². The summed E-state index contributed by atoms with van der Waals surface area (Å²) in [4.78, 5) is 37.9. The smallest absolute Gasteiger partial charge is 0.238 e. The summed E-state index contributed by atoms with van der Waals surface area (Å²) < 4.78 is 9.41. The van der Waals surface area contributed by atoms with Gasteiger partial charge in [-0.2, -0.15) is 9.97 Å². The lowest BCUT2D eigenvalue weighted by Gasteiger charge is -2.34. The van der Waals surface area contributed by atoms with E-state index < -0.39 is 0 Å². The highest BCUT2D eigenvalue weighted by atomic mass is 32.1. The van der Waals surface area contributed by atoms with Gasteiger partial charge >= 0.3 is 0 Å². The van der Waals surface area contributed by atoms with Gasteiger partial charge < -0.3 is 9.47 Å². The van der Waals surface area contributed by atoms with Crippen LogP contribution in [0.1, 0.15) is 36.7 Å². The first-order valence-electron chi connectivity index (χ1n) is 28.7. The van der Waals surface area contributed by atoms with E-state index in [1.165, 1.54) is 46.3 Å². The Morgan fingerprint density at radius 2 is 1.19 bits per heavy atom. The zero-order valence-corrected chi connectivity index (χ0v) is 47.7. The molecule has 1 aliphatic carbocycles. The molecule has 0 fully saturated rings. The molecule has 0 spiro atoms. The van der Waals surface area contributed by atoms with Gasteiger partial charge in [0.05, 0.1) is 44.9 Å². The number of nitrogens with zero attached hydrogens (tertiary/aromatic N) is 10. The monoisotopic (exact) mass is 1130 g/mol. The molecule has 402 valence electrons. The van der Waals surface area contributed by atoms with E-state index >= 15 is 0 Å². The van der Waals surface area contributed by atoms with Gasteiger partial charge in [-0.3, -0.25) is 24.5 Å². The van der Waals surface area contributed by atoms with Crippen molar-refractivity contribution >= 4 is 113 Å². The number of aliphatic imine (C=N–C) groups is 1. The molecule has 7 aromatic carbocycles. The van der Waals surface area contributed by atoms with E-state index in [0.29, 0.717) is 24.1 Å². The van der Waals surface area contributed by atoms with Crippen LogP contribution < -0.4 is 4.90 Å². The first-order chi connectivity index (χ1) is 41.9. The number of aromatic nitrogens is 8. The number of hydrogen-bond donors (Lipinski definition) is 0. The van der Waals surface area contributed by atoms with Crippen molar-refractivity contribution in [3.63, 3.8) is 0 Å². The molecule has 12 heteroatoms. The second-order valence-corrected chi connectivity index (χ2v) is 24.8. The van der Waals surface area contributed by atoms with Gasteiger partial charge in [0.25, 0.3) is 0 Å². The van der Waals surface area contributed by atoms with Crippen LogP contribution in [0.3, 0.4) is 0 Å². The van der Waals surface area contributed by atoms with Gasteiger partial charge in [-0.1, -0.05) is 110 Å². The molecule has 10 heterocycles. The number of allylic oxidation sites excluding steroid dienone is 2. The standard InChI is InChI=1S/C73H48N10S2/c1-42-39-75-41-57-56-40-74-34-30-59(56)83(66(42)57)72-79-70(45-26-28-62-54(37-45)51-20-9-18-49(67(51)84-62)43-13-7-15-47(35-43)81-58-22-4-3-17-53(58)65-60(81)23-11-32-76-65)78-71(80-72)46-27-29-63-55(38-46)52-21-10-19-50(68(52)85-63)44-14-8-16-48(36-44)82-61-24-12-33-77-69(61)73(2)31-6-5-25-64(73)82/h3-38,40-42,64H,39H2,1-2H3. The van der Waals surface area contributed by atoms with Crippen molar-refractivity contribution in [3.8, 4) is 56.7 Å². The highest BCUT2D eigenvalue weighted by molar-refractivity contribution is 7.26. The van der Waals surface area contributed by atoms with E-state index in [4.69, 9.17) is 29.9 Å². The lowest BCUT2D eigenvalue weighted by atomic mass is 9.78. The third kappa shape index (κ3) is 7.19. The Balaban J connectivity index is 0.770. The van der Waals surface area contributed by atoms with Gasteiger partial charge in [-0.15, -0.1) is 22.7 Å². The molecule has 0 bridgehead atoms. The van der Waals surface area contributed by atoms with Crippen LogP contribution in [0.2, 0.25) is 0 Å². The van der Waals surface area contributed by atoms with Crippen molar-refractivity contribution in [3.05, 3.63) is 242 Å². The van der Waals surface area contributed by atoms with Gasteiger partial charge in [0.2, 0.25) is 5.95 Å². The second kappa shape index (κ2) is 18.4. The van der Waals surface area contributed by atoms with E-state index in [9.17, 15) is 0 Å². The Morgan fingerprint density at radius 1 is 0.529 bits per heavy atom. The molecule has 18 rings (SSSR count). The maximum atomic E-state index is 5.46. The average Bonchev–Trinajstić information content (AvgIpc) is 2.47. The number of benzene rings is 7. The normalized spacial score (nSPS) is 17.1. The van der Waals surface area contributed by atoms with E-state index in [2.05, 4.69) is 221 Å². The fourth-order valence-corrected chi connectivity index (χ4v) is 16.3. The van der Waals surface area contributed by atoms with E-state index in [0.717, 1.165) is 94.3 Å². The highest BCUT2D eigenvalue weighted by Gasteiger charge is 2.47. The van der Waals surface area contributed by atoms with Crippen LogP contribution in [0.15, 0.2) is 230 Å². The van der Waals surface area contributed by atoms with Crippen molar-refractivity contribution < 1.29 is 0 Å². The average molecular weight is 1130 g/mol. The third-order valence-corrected chi connectivity index (χ3v) is 20.3. The summed E-state index contributed by atoms with van der Waals surface area (Å²) in [6.07, 6.45) is 18.5. The summed E-state index contributed by atoms with van der Waals surface area (Å²) in [5, 5.41) is 6.86. The van der Waals surface area contributed by atoms with Crippen LogP contribution >= 0.6 is 22.7 Å². The first kappa shape index (κ1) is 48.3. The molecule has 85 heavy (non-hydrogen) atoms. The van der Waals surface area contributed by atoms with Crippen LogP contribution in [-0.4, -0.2) is 57.8 Å². The maximum absolute atomic E-state index is 5.46. The second-order valence-electron chi connectivity index (χ2n) is 22.7. The van der Waals surface area contributed by atoms with E-state index in [1.807, 2.05) is 65.8 Å². The van der Waals surface area contributed by atoms with Gasteiger partial charge in [0.1, 0.15) is 0 Å². The van der Waals surface area contributed by atoms with Crippen LogP contribution in [0.25, 0.3) is 130 Å². The van der Waals surface area contributed by atoms with Gasteiger partial charge in [-0.05, 0) is 126 Å². The van der Waals surface area contributed by atoms with E-state index in [1.54, 1.807) is 0 Å². The minimum Gasteiger partial charge on any atom is -0.332 e. The molecule has 15 aromatic rings. The molecule has 0 saturated carbocycles. The van der Waals surface area contributed by atoms with Crippen molar-refractivity contribution in [2.24, 2.45) is 4.99 Å². The minimum absolute atomic E-state index is 0.114. The predicted molar refractivity (Wildman–Crippen MR) is 351 cm³/mol. The number of fused-ring (bicyclic) bond motifs is 15. The number of pyridine rings is 3. The summed E-state index contributed by atoms with van der Waals surface area (Å²) in [5.41, 5.74) is 17.2. The molecule has 3 atom stereocenters. The molecular formula is C73H48N10S2. The minimum atomic E-state index is -0.230. The number of hydrogen-bond acceptors (Lipinski definition) is 10. The summed E-state index contributed by atoms with van der Waals surface area (Å²) in [7, 11) is 0. The molecule has 0 amide bonds. The van der Waals surface area contributed by atoms with Crippen LogP contribution in [0.4, 0.5) is 11.4 Å². The number of anilines is 2. The maximum Gasteiger partial charge on any atom is 0.238 e. The Bertz CT molecular complexity index is 5390. The third-order valence-electron chi connectivity index (χ3n) is 17.8. The molecule has 3 aliphatic rings. The van der Waals surface area contributed by atoms with E-state index in [-0.39, 0.29) is 17.4 Å². The van der Waals surface area contributed by atoms with Gasteiger partial charge in [0, 0.05) is 128 Å². The number of thiophene rings is 2. The predicted octanol–water partition coefficient (Wildman–Crippen LogP) is 17.9. The van der Waals surface area contributed by atoms with Crippen molar-refractivity contribution in [2.45, 2.75) is 31.2 Å². The van der Waals surface area contributed by atoms with Crippen LogP contribution in [0.5, 0.6) is 0 Å². The zero-order valence-electron chi connectivity index (χ0n) is 46.1. The fraction of sp³-hybridized carbons (Fsp3) is 0.0822. The Labute approximate surface area is 495 Å². The topological polar surface area (TPSA) is 103 Å². The largest absolute Gasteiger partial charge is 0.332 e. The Hall–Kier alpha value is -10.3. The summed E-state index contributed by atoms with van der Waals surface area (Å²) in [6, 6.07) is 63.8. The molecule has 3 unspecified atom stereocenters. The number of para-hydroxylation sites is 1. The van der Waals surface area contributed by atoms with Crippen molar-refractivity contribution in [2.75, 3.05) is 11.4 Å². The lowest BCUT2D eigenvalue weighted by molar-refractivity contribution is 0.538. The SMILES string of the molecule is CC1CN=Cc2c1n(-c1nc(-c3ccc4sc5c(-c6cccc(N7c8cccnc8C8(C)C=CC=CC78)c6)cccc5c4c3)nc(-c3ccc4sc5c(-c6cccc(-n7c8ccccc8c8ncccc87)c6)cccc5c4c3)n1)c1ccncc21. The van der Waals surface area contributed by atoms with Crippen LogP contribution in [-0.2, 0) is 5.41 Å². The Kier molecular flexibility index (Phi) is 10.4. The Morgan fingerprint density at radius 3 is 1.95 bits per heavy atom. The zero-order chi connectivity index (χ0) is 56.1.